The largest absolute Gasteiger partial charge is 0.396 e. The molecule has 16 heavy (non-hydrogen) atoms. The first-order valence-electron chi connectivity index (χ1n) is 5.29. The number of nitrogens with zero attached hydrogens (tertiary/aromatic N) is 1. The molecule has 1 aromatic rings. The lowest BCUT2D eigenvalue weighted by Crippen LogP contribution is -2.29. The summed E-state index contributed by atoms with van der Waals surface area (Å²) in [6.45, 7) is 1.38. The van der Waals surface area contributed by atoms with E-state index in [-0.39, 0.29) is 24.0 Å². The van der Waals surface area contributed by atoms with Crippen molar-refractivity contribution >= 4 is 5.91 Å². The second-order valence-corrected chi connectivity index (χ2v) is 4.03. The van der Waals surface area contributed by atoms with E-state index in [2.05, 4.69) is 4.98 Å². The lowest BCUT2D eigenvalue weighted by atomic mass is 10.1. The van der Waals surface area contributed by atoms with Gasteiger partial charge in [-0.2, -0.15) is 0 Å². The molecule has 1 saturated heterocycles. The van der Waals surface area contributed by atoms with Crippen LogP contribution in [0.15, 0.2) is 23.1 Å². The molecule has 0 bridgehead atoms. The van der Waals surface area contributed by atoms with Gasteiger partial charge in [-0.05, 0) is 12.5 Å². The number of nitrogens with one attached hydrogen (secondary N) is 1. The van der Waals surface area contributed by atoms with Gasteiger partial charge in [0.25, 0.3) is 5.91 Å². The van der Waals surface area contributed by atoms with Crippen molar-refractivity contribution in [2.24, 2.45) is 5.92 Å². The van der Waals surface area contributed by atoms with Crippen molar-refractivity contribution < 1.29 is 9.90 Å². The molecule has 0 aromatic carbocycles. The zero-order chi connectivity index (χ0) is 11.5. The molecule has 0 spiro atoms. The lowest BCUT2D eigenvalue weighted by Gasteiger charge is -2.15. The Morgan fingerprint density at radius 3 is 2.94 bits per heavy atom. The summed E-state index contributed by atoms with van der Waals surface area (Å²) < 4.78 is 0. The van der Waals surface area contributed by atoms with Crippen LogP contribution in [-0.2, 0) is 0 Å². The van der Waals surface area contributed by atoms with Crippen LogP contribution in [0.1, 0.15) is 16.8 Å². The van der Waals surface area contributed by atoms with Gasteiger partial charge >= 0.3 is 0 Å². The minimum absolute atomic E-state index is 0.0906. The number of aliphatic hydroxyl groups excluding tert-OH is 1. The lowest BCUT2D eigenvalue weighted by molar-refractivity contribution is 0.0781. The SMILES string of the molecule is O=C(c1ccc(=O)[nH]c1)N1CC[C@@H](CO)C1. The summed E-state index contributed by atoms with van der Waals surface area (Å²) in [6.07, 6.45) is 2.27. The van der Waals surface area contributed by atoms with E-state index in [1.165, 1.54) is 18.3 Å². The number of likely N-dealkylation sites (tertiary alicyclic amines) is 1. The first-order valence-corrected chi connectivity index (χ1v) is 5.29. The number of aromatic nitrogens is 1. The number of carbonyl (C=O) groups excluding carboxylic acids is 1. The number of hydrogen-bond acceptors (Lipinski definition) is 3. The third kappa shape index (κ3) is 2.14. The highest BCUT2D eigenvalue weighted by Crippen LogP contribution is 2.17. The van der Waals surface area contributed by atoms with Crippen LogP contribution in [0.25, 0.3) is 0 Å². The second-order valence-electron chi connectivity index (χ2n) is 4.03. The van der Waals surface area contributed by atoms with Crippen LogP contribution in [0.3, 0.4) is 0 Å². The Hall–Kier alpha value is -1.62. The molecule has 2 rings (SSSR count). The fourth-order valence-electron chi connectivity index (χ4n) is 1.89. The average Bonchev–Trinajstić information content (AvgIpc) is 2.77. The van der Waals surface area contributed by atoms with Gasteiger partial charge in [-0.1, -0.05) is 0 Å². The normalized spacial score (nSPS) is 20.1. The fourth-order valence-corrected chi connectivity index (χ4v) is 1.89. The predicted octanol–water partition coefficient (Wildman–Crippen LogP) is -0.171. The highest BCUT2D eigenvalue weighted by atomic mass is 16.3. The summed E-state index contributed by atoms with van der Waals surface area (Å²) in [6, 6.07) is 2.86. The van der Waals surface area contributed by atoms with Crippen molar-refractivity contribution in [3.63, 3.8) is 0 Å². The number of aromatic amines is 1. The fraction of sp³-hybridized carbons (Fsp3) is 0.455. The van der Waals surface area contributed by atoms with Gasteiger partial charge in [0.1, 0.15) is 0 Å². The molecule has 1 aliphatic rings. The number of H-pyrrole nitrogens is 1. The Kier molecular flexibility index (Phi) is 3.05. The summed E-state index contributed by atoms with van der Waals surface area (Å²) in [4.78, 5) is 27.0. The van der Waals surface area contributed by atoms with Crippen molar-refractivity contribution in [3.05, 3.63) is 34.2 Å². The van der Waals surface area contributed by atoms with Crippen LogP contribution in [0.2, 0.25) is 0 Å². The highest BCUT2D eigenvalue weighted by Gasteiger charge is 2.26. The van der Waals surface area contributed by atoms with E-state index in [1.807, 2.05) is 0 Å². The Bertz CT molecular complexity index is 421. The van der Waals surface area contributed by atoms with E-state index in [0.29, 0.717) is 18.7 Å². The van der Waals surface area contributed by atoms with Crippen LogP contribution in [0.5, 0.6) is 0 Å². The predicted molar refractivity (Wildman–Crippen MR) is 58.2 cm³/mol. The topological polar surface area (TPSA) is 73.4 Å². The van der Waals surface area contributed by atoms with Crippen molar-refractivity contribution in [1.82, 2.24) is 9.88 Å². The quantitative estimate of drug-likeness (QED) is 0.729. The van der Waals surface area contributed by atoms with Gasteiger partial charge in [0.15, 0.2) is 0 Å². The molecule has 0 unspecified atom stereocenters. The Morgan fingerprint density at radius 1 is 1.56 bits per heavy atom. The molecule has 1 aromatic heterocycles. The van der Waals surface area contributed by atoms with Gasteiger partial charge in [-0.3, -0.25) is 9.59 Å². The Morgan fingerprint density at radius 2 is 2.38 bits per heavy atom. The molecule has 5 nitrogen and oxygen atoms in total. The second kappa shape index (κ2) is 4.49. The number of hydrogen-bond donors (Lipinski definition) is 2. The molecule has 2 heterocycles. The molecule has 1 aliphatic heterocycles. The van der Waals surface area contributed by atoms with Crippen LogP contribution in [0, 0.1) is 5.92 Å². The third-order valence-electron chi connectivity index (χ3n) is 2.86. The molecule has 2 N–H and O–H groups in total. The number of rotatable bonds is 2. The van der Waals surface area contributed by atoms with Gasteiger partial charge in [-0.25, -0.2) is 0 Å². The minimum atomic E-state index is -0.216. The van der Waals surface area contributed by atoms with Gasteiger partial charge in [-0.15, -0.1) is 0 Å². The van der Waals surface area contributed by atoms with E-state index in [0.717, 1.165) is 6.42 Å². The van der Waals surface area contributed by atoms with E-state index >= 15 is 0 Å². The summed E-state index contributed by atoms with van der Waals surface area (Å²) in [5, 5.41) is 8.99. The Balaban J connectivity index is 2.08. The summed E-state index contributed by atoms with van der Waals surface area (Å²) in [5.41, 5.74) is 0.268. The van der Waals surface area contributed by atoms with E-state index in [4.69, 9.17) is 5.11 Å². The molecular formula is C11H14N2O3. The maximum Gasteiger partial charge on any atom is 0.255 e. The highest BCUT2D eigenvalue weighted by molar-refractivity contribution is 5.94. The standard InChI is InChI=1S/C11H14N2O3/c14-7-8-3-4-13(6-8)11(16)9-1-2-10(15)12-5-9/h1-2,5,8,14H,3-4,6-7H2,(H,12,15)/t8-/m1/s1. The van der Waals surface area contributed by atoms with Gasteiger partial charge in [0.05, 0.1) is 5.56 Å². The van der Waals surface area contributed by atoms with Gasteiger partial charge in [0, 0.05) is 37.9 Å². The number of aliphatic hydroxyl groups is 1. The number of carbonyl (C=O) groups is 1. The number of pyridine rings is 1. The van der Waals surface area contributed by atoms with Gasteiger partial charge < -0.3 is 15.0 Å². The molecule has 0 saturated carbocycles. The molecule has 1 amide bonds. The molecule has 86 valence electrons. The molecule has 0 aliphatic carbocycles. The smallest absolute Gasteiger partial charge is 0.255 e. The molecular weight excluding hydrogens is 208 g/mol. The van der Waals surface area contributed by atoms with Gasteiger partial charge in [0.2, 0.25) is 5.56 Å². The van der Waals surface area contributed by atoms with Crippen LogP contribution in [0.4, 0.5) is 0 Å². The minimum Gasteiger partial charge on any atom is -0.396 e. The van der Waals surface area contributed by atoms with Crippen molar-refractivity contribution in [2.75, 3.05) is 19.7 Å². The molecule has 5 heteroatoms. The maximum atomic E-state index is 11.9. The van der Waals surface area contributed by atoms with Crippen molar-refractivity contribution in [2.45, 2.75) is 6.42 Å². The van der Waals surface area contributed by atoms with Crippen molar-refractivity contribution in [3.8, 4) is 0 Å². The van der Waals surface area contributed by atoms with Crippen LogP contribution < -0.4 is 5.56 Å². The maximum absolute atomic E-state index is 11.9. The zero-order valence-corrected chi connectivity index (χ0v) is 8.85. The zero-order valence-electron chi connectivity index (χ0n) is 8.85. The summed E-state index contributed by atoms with van der Waals surface area (Å²) in [5.74, 6) is 0.0962. The summed E-state index contributed by atoms with van der Waals surface area (Å²) in [7, 11) is 0. The van der Waals surface area contributed by atoms with Crippen LogP contribution in [-0.4, -0.2) is 40.6 Å². The molecule has 0 radical (unpaired) electrons. The third-order valence-corrected chi connectivity index (χ3v) is 2.86. The van der Waals surface area contributed by atoms with E-state index in [9.17, 15) is 9.59 Å². The van der Waals surface area contributed by atoms with E-state index in [1.54, 1.807) is 4.90 Å². The van der Waals surface area contributed by atoms with E-state index < -0.39 is 0 Å². The van der Waals surface area contributed by atoms with Crippen LogP contribution >= 0.6 is 0 Å². The number of amides is 1. The monoisotopic (exact) mass is 222 g/mol. The molecule has 1 fully saturated rings. The Labute approximate surface area is 92.7 Å². The first-order chi connectivity index (χ1) is 7.70. The molecule has 1 atom stereocenters. The summed E-state index contributed by atoms with van der Waals surface area (Å²) >= 11 is 0. The average molecular weight is 222 g/mol. The van der Waals surface area contributed by atoms with Crippen molar-refractivity contribution in [1.29, 1.82) is 0 Å². The first kappa shape index (κ1) is 10.9.